The molecule has 37 heavy (non-hydrogen) atoms. The Morgan fingerprint density at radius 3 is 2.14 bits per heavy atom. The number of benzene rings is 3. The van der Waals surface area contributed by atoms with Crippen LogP contribution in [-0.4, -0.2) is 38.2 Å². The van der Waals surface area contributed by atoms with Gasteiger partial charge in [-0.05, 0) is 76.4 Å². The molecule has 1 unspecified atom stereocenters. The van der Waals surface area contributed by atoms with Crippen LogP contribution in [0.15, 0.2) is 60.7 Å². The van der Waals surface area contributed by atoms with Crippen LogP contribution in [0.25, 0.3) is 0 Å². The van der Waals surface area contributed by atoms with Gasteiger partial charge in [-0.2, -0.15) is 0 Å². The summed E-state index contributed by atoms with van der Waals surface area (Å²) in [6, 6.07) is 20.0. The minimum absolute atomic E-state index is 0.00431. The van der Waals surface area contributed by atoms with Crippen molar-refractivity contribution >= 4 is 5.91 Å². The number of amides is 1. The normalized spacial score (nSPS) is 15.4. The van der Waals surface area contributed by atoms with Gasteiger partial charge in [0.05, 0.1) is 20.3 Å². The van der Waals surface area contributed by atoms with Crippen LogP contribution in [0.1, 0.15) is 79.2 Å². The van der Waals surface area contributed by atoms with Crippen LogP contribution < -0.4 is 14.2 Å². The van der Waals surface area contributed by atoms with E-state index in [1.54, 1.807) is 14.2 Å². The van der Waals surface area contributed by atoms with Crippen LogP contribution in [0.3, 0.4) is 0 Å². The van der Waals surface area contributed by atoms with Crippen LogP contribution in [0.2, 0.25) is 0 Å². The van der Waals surface area contributed by atoms with E-state index in [0.29, 0.717) is 36.1 Å². The van der Waals surface area contributed by atoms with E-state index in [-0.39, 0.29) is 17.4 Å². The van der Waals surface area contributed by atoms with Crippen molar-refractivity contribution in [3.8, 4) is 17.2 Å². The smallest absolute Gasteiger partial charge is 0.254 e. The molecule has 0 saturated heterocycles. The van der Waals surface area contributed by atoms with E-state index < -0.39 is 0 Å². The third-order valence-electron chi connectivity index (χ3n) is 7.22. The Kier molecular flexibility index (Phi) is 7.82. The Bertz CT molecular complexity index is 1220. The molecule has 0 N–H and O–H groups in total. The highest BCUT2D eigenvalue weighted by atomic mass is 16.5. The average Bonchev–Trinajstić information content (AvgIpc) is 2.90. The molecule has 4 rings (SSSR count). The van der Waals surface area contributed by atoms with E-state index in [9.17, 15) is 4.79 Å². The van der Waals surface area contributed by atoms with Gasteiger partial charge < -0.3 is 19.1 Å². The SMILES string of the molecule is COc1cc2c(cc1OC)C(COc1ccc(C(C)C)cc1)N(C(=O)c1ccc(C(C)(C)C)cc1)CC2. The predicted molar refractivity (Wildman–Crippen MR) is 148 cm³/mol. The fraction of sp³-hybridized carbons (Fsp3) is 0.406. The molecular formula is C32H39NO4. The van der Waals surface area contributed by atoms with Crippen molar-refractivity contribution in [3.05, 3.63) is 88.5 Å². The van der Waals surface area contributed by atoms with Crippen molar-refractivity contribution < 1.29 is 19.0 Å². The average molecular weight is 502 g/mol. The van der Waals surface area contributed by atoms with E-state index in [1.807, 2.05) is 41.3 Å². The number of hydrogen-bond donors (Lipinski definition) is 0. The van der Waals surface area contributed by atoms with E-state index in [0.717, 1.165) is 23.3 Å². The molecule has 1 aliphatic rings. The zero-order valence-electron chi connectivity index (χ0n) is 23.1. The van der Waals surface area contributed by atoms with Crippen LogP contribution in [-0.2, 0) is 11.8 Å². The van der Waals surface area contributed by atoms with E-state index >= 15 is 0 Å². The van der Waals surface area contributed by atoms with E-state index in [2.05, 4.69) is 58.9 Å². The molecule has 0 aliphatic carbocycles. The Balaban J connectivity index is 1.66. The Morgan fingerprint density at radius 2 is 1.57 bits per heavy atom. The summed E-state index contributed by atoms with van der Waals surface area (Å²) in [4.78, 5) is 15.7. The molecule has 5 nitrogen and oxygen atoms in total. The van der Waals surface area contributed by atoms with Gasteiger partial charge in [-0.25, -0.2) is 0 Å². The van der Waals surface area contributed by atoms with Crippen LogP contribution in [0.4, 0.5) is 0 Å². The minimum Gasteiger partial charge on any atom is -0.493 e. The van der Waals surface area contributed by atoms with Gasteiger partial charge in [0.25, 0.3) is 5.91 Å². The number of ether oxygens (including phenoxy) is 3. The zero-order valence-corrected chi connectivity index (χ0v) is 23.1. The lowest BCUT2D eigenvalue weighted by Gasteiger charge is -2.37. The first-order valence-corrected chi connectivity index (χ1v) is 13.0. The van der Waals surface area contributed by atoms with Crippen LogP contribution in [0, 0.1) is 0 Å². The van der Waals surface area contributed by atoms with E-state index in [4.69, 9.17) is 14.2 Å². The molecule has 0 saturated carbocycles. The molecule has 0 radical (unpaired) electrons. The maximum Gasteiger partial charge on any atom is 0.254 e. The van der Waals surface area contributed by atoms with Gasteiger partial charge in [-0.15, -0.1) is 0 Å². The summed E-state index contributed by atoms with van der Waals surface area (Å²) in [5.74, 6) is 2.60. The lowest BCUT2D eigenvalue weighted by molar-refractivity contribution is 0.0589. The molecule has 3 aromatic carbocycles. The fourth-order valence-corrected chi connectivity index (χ4v) is 4.85. The maximum absolute atomic E-state index is 13.8. The molecule has 196 valence electrons. The lowest BCUT2D eigenvalue weighted by Crippen LogP contribution is -2.42. The molecule has 0 fully saturated rings. The summed E-state index contributed by atoms with van der Waals surface area (Å²) < 4.78 is 17.4. The Hall–Kier alpha value is -3.47. The molecular weight excluding hydrogens is 462 g/mol. The third kappa shape index (κ3) is 5.76. The highest BCUT2D eigenvalue weighted by molar-refractivity contribution is 5.94. The van der Waals surface area contributed by atoms with E-state index in [1.165, 1.54) is 11.1 Å². The van der Waals surface area contributed by atoms with Gasteiger partial charge in [-0.3, -0.25) is 4.79 Å². The fourth-order valence-electron chi connectivity index (χ4n) is 4.85. The summed E-state index contributed by atoms with van der Waals surface area (Å²) in [5.41, 5.74) is 5.36. The molecule has 1 amide bonds. The molecule has 3 aromatic rings. The monoisotopic (exact) mass is 501 g/mol. The molecule has 1 heterocycles. The van der Waals surface area contributed by atoms with Gasteiger partial charge >= 0.3 is 0 Å². The molecule has 0 spiro atoms. The van der Waals surface area contributed by atoms with Gasteiger partial charge in [0.15, 0.2) is 11.5 Å². The van der Waals surface area contributed by atoms with Crippen molar-refractivity contribution in [1.29, 1.82) is 0 Å². The minimum atomic E-state index is -0.261. The zero-order chi connectivity index (χ0) is 26.7. The number of fused-ring (bicyclic) bond motifs is 1. The Labute approximate surface area is 221 Å². The molecule has 0 aromatic heterocycles. The first-order valence-electron chi connectivity index (χ1n) is 13.0. The Morgan fingerprint density at radius 1 is 0.946 bits per heavy atom. The van der Waals surface area contributed by atoms with Crippen molar-refractivity contribution in [2.45, 2.75) is 58.4 Å². The standard InChI is InChI=1S/C32H39NO4/c1-21(2)22-10-14-26(15-11-22)37-20-28-27-19-30(36-7)29(35-6)18-24(27)16-17-33(28)31(34)23-8-12-25(13-9-23)32(3,4)5/h8-15,18-19,21,28H,16-17,20H2,1-7H3. The summed E-state index contributed by atoms with van der Waals surface area (Å²) in [6.45, 7) is 11.8. The molecule has 1 atom stereocenters. The lowest BCUT2D eigenvalue weighted by atomic mass is 9.86. The van der Waals surface area contributed by atoms with Crippen molar-refractivity contribution in [3.63, 3.8) is 0 Å². The first kappa shape index (κ1) is 26.6. The first-order chi connectivity index (χ1) is 17.6. The second kappa shape index (κ2) is 10.9. The maximum atomic E-state index is 13.8. The summed E-state index contributed by atoms with van der Waals surface area (Å²) >= 11 is 0. The topological polar surface area (TPSA) is 48.0 Å². The predicted octanol–water partition coefficient (Wildman–Crippen LogP) is 6.94. The number of nitrogens with zero attached hydrogens (tertiary/aromatic N) is 1. The van der Waals surface area contributed by atoms with Gasteiger partial charge in [-0.1, -0.05) is 58.9 Å². The van der Waals surface area contributed by atoms with Gasteiger partial charge in [0, 0.05) is 12.1 Å². The van der Waals surface area contributed by atoms with Crippen molar-refractivity contribution in [2.24, 2.45) is 0 Å². The second-order valence-electron chi connectivity index (χ2n) is 11.0. The number of carbonyl (C=O) groups excluding carboxylic acids is 1. The highest BCUT2D eigenvalue weighted by Crippen LogP contribution is 2.39. The highest BCUT2D eigenvalue weighted by Gasteiger charge is 2.33. The number of carbonyl (C=O) groups is 1. The van der Waals surface area contributed by atoms with Gasteiger partial charge in [0.1, 0.15) is 12.4 Å². The number of hydrogen-bond acceptors (Lipinski definition) is 4. The van der Waals surface area contributed by atoms with Crippen LogP contribution >= 0.6 is 0 Å². The van der Waals surface area contributed by atoms with Crippen LogP contribution in [0.5, 0.6) is 17.2 Å². The third-order valence-corrected chi connectivity index (χ3v) is 7.22. The van der Waals surface area contributed by atoms with Gasteiger partial charge in [0.2, 0.25) is 0 Å². The summed E-state index contributed by atoms with van der Waals surface area (Å²) in [5, 5.41) is 0. The second-order valence-corrected chi connectivity index (χ2v) is 11.0. The molecule has 0 bridgehead atoms. The molecule has 1 aliphatic heterocycles. The quantitative estimate of drug-likeness (QED) is 0.352. The van der Waals surface area contributed by atoms with Crippen molar-refractivity contribution in [2.75, 3.05) is 27.4 Å². The number of rotatable bonds is 7. The summed E-state index contributed by atoms with van der Waals surface area (Å²) in [6.07, 6.45) is 0.737. The largest absolute Gasteiger partial charge is 0.493 e. The summed E-state index contributed by atoms with van der Waals surface area (Å²) in [7, 11) is 3.28. The molecule has 5 heteroatoms. The number of methoxy groups -OCH3 is 2. The van der Waals surface area contributed by atoms with Crippen molar-refractivity contribution in [1.82, 2.24) is 4.90 Å².